The maximum atomic E-state index is 12.4. The summed E-state index contributed by atoms with van der Waals surface area (Å²) in [5.74, 6) is 1.20. The van der Waals surface area contributed by atoms with E-state index in [-0.39, 0.29) is 12.1 Å². The third-order valence-corrected chi connectivity index (χ3v) is 4.53. The van der Waals surface area contributed by atoms with Gasteiger partial charge in [0.1, 0.15) is 11.5 Å². The number of carbonyl (C=O) groups is 1. The van der Waals surface area contributed by atoms with Gasteiger partial charge in [-0.15, -0.1) is 0 Å². The average molecular weight is 386 g/mol. The van der Waals surface area contributed by atoms with Crippen molar-refractivity contribution >= 4 is 17.4 Å². The lowest BCUT2D eigenvalue weighted by Crippen LogP contribution is -2.37. The molecule has 2 N–H and O–H groups in total. The number of rotatable bonds is 8. The van der Waals surface area contributed by atoms with E-state index in [9.17, 15) is 4.79 Å². The highest BCUT2D eigenvalue weighted by Gasteiger charge is 2.16. The molecule has 0 fully saturated rings. The van der Waals surface area contributed by atoms with Crippen LogP contribution >= 0.6 is 0 Å². The quantitative estimate of drug-likeness (QED) is 0.729. The summed E-state index contributed by atoms with van der Waals surface area (Å²) in [5, 5.41) is 5.77. The van der Waals surface area contributed by atoms with Crippen LogP contribution in [0.5, 0.6) is 11.5 Å². The summed E-state index contributed by atoms with van der Waals surface area (Å²) in [6.07, 6.45) is 0. The molecule has 0 aliphatic heterocycles. The molecule has 2 rings (SSSR count). The molecule has 2 aromatic carbocycles. The van der Waals surface area contributed by atoms with E-state index < -0.39 is 0 Å². The van der Waals surface area contributed by atoms with Crippen LogP contribution in [-0.4, -0.2) is 59.9 Å². The zero-order valence-corrected chi connectivity index (χ0v) is 17.4. The van der Waals surface area contributed by atoms with Gasteiger partial charge < -0.3 is 29.9 Å². The molecular weight excluding hydrogens is 356 g/mol. The van der Waals surface area contributed by atoms with Gasteiger partial charge in [-0.05, 0) is 43.9 Å². The van der Waals surface area contributed by atoms with Crippen LogP contribution in [-0.2, 0) is 0 Å². The lowest BCUT2D eigenvalue weighted by Gasteiger charge is -2.26. The summed E-state index contributed by atoms with van der Waals surface area (Å²) in [6.45, 7) is 0.471. The number of nitrogens with zero attached hydrogens (tertiary/aromatic N) is 2. The number of urea groups is 1. The first-order valence-electron chi connectivity index (χ1n) is 9.06. The Balaban J connectivity index is 2.02. The van der Waals surface area contributed by atoms with Crippen molar-refractivity contribution in [2.75, 3.05) is 59.2 Å². The van der Waals surface area contributed by atoms with Gasteiger partial charge in [0.05, 0.1) is 25.9 Å². The van der Waals surface area contributed by atoms with Gasteiger partial charge in [-0.1, -0.05) is 12.1 Å². The smallest absolute Gasteiger partial charge is 0.319 e. The van der Waals surface area contributed by atoms with E-state index in [1.54, 1.807) is 32.4 Å². The Morgan fingerprint density at radius 2 is 1.68 bits per heavy atom. The zero-order valence-electron chi connectivity index (χ0n) is 17.4. The maximum Gasteiger partial charge on any atom is 0.319 e. The van der Waals surface area contributed by atoms with E-state index in [0.717, 1.165) is 11.3 Å². The summed E-state index contributed by atoms with van der Waals surface area (Å²) in [5.41, 5.74) is 2.86. The Morgan fingerprint density at radius 3 is 2.21 bits per heavy atom. The van der Waals surface area contributed by atoms with Gasteiger partial charge in [-0.3, -0.25) is 0 Å². The van der Waals surface area contributed by atoms with E-state index in [4.69, 9.17) is 9.47 Å². The summed E-state index contributed by atoms with van der Waals surface area (Å²) in [7, 11) is 11.2. The second-order valence-corrected chi connectivity index (χ2v) is 6.87. The van der Waals surface area contributed by atoms with Gasteiger partial charge in [0.15, 0.2) is 0 Å². The molecule has 152 valence electrons. The fourth-order valence-electron chi connectivity index (χ4n) is 2.85. The number of benzene rings is 2. The lowest BCUT2D eigenvalue weighted by molar-refractivity contribution is 0.243. The fraction of sp³-hybridized carbons (Fsp3) is 0.381. The number of methoxy groups -OCH3 is 2. The minimum atomic E-state index is -0.291. The monoisotopic (exact) mass is 386 g/mol. The van der Waals surface area contributed by atoms with E-state index in [0.29, 0.717) is 23.7 Å². The Kier molecular flexibility index (Phi) is 7.52. The third kappa shape index (κ3) is 5.53. The molecule has 0 bridgehead atoms. The first-order chi connectivity index (χ1) is 13.3. The first-order valence-corrected chi connectivity index (χ1v) is 9.06. The first kappa shape index (κ1) is 21.4. The van der Waals surface area contributed by atoms with E-state index >= 15 is 0 Å². The van der Waals surface area contributed by atoms with E-state index in [2.05, 4.69) is 44.7 Å². The molecule has 0 aliphatic rings. The fourth-order valence-corrected chi connectivity index (χ4v) is 2.85. The van der Waals surface area contributed by atoms with Crippen molar-refractivity contribution in [2.45, 2.75) is 6.04 Å². The molecule has 2 amide bonds. The number of nitrogens with one attached hydrogen (secondary N) is 2. The van der Waals surface area contributed by atoms with Gasteiger partial charge in [0.25, 0.3) is 0 Å². The van der Waals surface area contributed by atoms with Gasteiger partial charge in [-0.25, -0.2) is 4.79 Å². The van der Waals surface area contributed by atoms with Crippen LogP contribution in [0.3, 0.4) is 0 Å². The molecule has 0 spiro atoms. The van der Waals surface area contributed by atoms with Gasteiger partial charge in [-0.2, -0.15) is 0 Å². The van der Waals surface area contributed by atoms with Crippen molar-refractivity contribution < 1.29 is 14.3 Å². The number of likely N-dealkylation sites (N-methyl/N-ethyl adjacent to an activating group) is 1. The van der Waals surface area contributed by atoms with Crippen molar-refractivity contribution in [3.05, 3.63) is 48.0 Å². The SMILES string of the molecule is COc1ccc(NC(=O)NCC(c2ccc(N(C)C)cc2)N(C)C)c(OC)c1. The largest absolute Gasteiger partial charge is 0.497 e. The van der Waals surface area contributed by atoms with Crippen molar-refractivity contribution in [3.8, 4) is 11.5 Å². The summed E-state index contributed by atoms with van der Waals surface area (Å²) in [4.78, 5) is 16.5. The summed E-state index contributed by atoms with van der Waals surface area (Å²) in [6, 6.07) is 13.3. The normalized spacial score (nSPS) is 11.7. The number of amides is 2. The minimum absolute atomic E-state index is 0.0553. The molecule has 0 saturated heterocycles. The molecule has 0 aromatic heterocycles. The average Bonchev–Trinajstić information content (AvgIpc) is 2.68. The van der Waals surface area contributed by atoms with Crippen LogP contribution in [0.1, 0.15) is 11.6 Å². The second-order valence-electron chi connectivity index (χ2n) is 6.87. The lowest BCUT2D eigenvalue weighted by atomic mass is 10.1. The number of ether oxygens (including phenoxy) is 2. The molecular formula is C21H30N4O3. The van der Waals surface area contributed by atoms with Crippen LogP contribution < -0.4 is 25.0 Å². The Morgan fingerprint density at radius 1 is 1.00 bits per heavy atom. The third-order valence-electron chi connectivity index (χ3n) is 4.53. The molecule has 0 heterocycles. The highest BCUT2D eigenvalue weighted by molar-refractivity contribution is 5.91. The van der Waals surface area contributed by atoms with Crippen LogP contribution in [0.15, 0.2) is 42.5 Å². The van der Waals surface area contributed by atoms with E-state index in [1.807, 2.05) is 28.2 Å². The highest BCUT2D eigenvalue weighted by atomic mass is 16.5. The molecule has 1 atom stereocenters. The summed E-state index contributed by atoms with van der Waals surface area (Å²) >= 11 is 0. The molecule has 0 aliphatic carbocycles. The standard InChI is InChI=1S/C21H30N4O3/c1-24(2)16-9-7-15(8-10-16)19(25(3)4)14-22-21(26)23-18-12-11-17(27-5)13-20(18)28-6/h7-13,19H,14H2,1-6H3,(H2,22,23,26). The Bertz CT molecular complexity index is 776. The molecule has 0 radical (unpaired) electrons. The number of hydrogen-bond donors (Lipinski definition) is 2. The van der Waals surface area contributed by atoms with Gasteiger partial charge in [0.2, 0.25) is 0 Å². The van der Waals surface area contributed by atoms with E-state index in [1.165, 1.54) is 0 Å². The highest BCUT2D eigenvalue weighted by Crippen LogP contribution is 2.29. The Hall–Kier alpha value is -2.93. The van der Waals surface area contributed by atoms with Crippen molar-refractivity contribution in [1.29, 1.82) is 0 Å². The number of anilines is 2. The Labute approximate surface area is 167 Å². The predicted molar refractivity (Wildman–Crippen MR) is 114 cm³/mol. The van der Waals surface area contributed by atoms with Crippen molar-refractivity contribution in [2.24, 2.45) is 0 Å². The molecule has 28 heavy (non-hydrogen) atoms. The van der Waals surface area contributed by atoms with Crippen LogP contribution in [0.25, 0.3) is 0 Å². The molecule has 7 heteroatoms. The van der Waals surface area contributed by atoms with Crippen LogP contribution in [0, 0.1) is 0 Å². The number of hydrogen-bond acceptors (Lipinski definition) is 5. The summed E-state index contributed by atoms with van der Waals surface area (Å²) < 4.78 is 10.5. The van der Waals surface area contributed by atoms with Gasteiger partial charge >= 0.3 is 6.03 Å². The maximum absolute atomic E-state index is 12.4. The predicted octanol–water partition coefficient (Wildman–Crippen LogP) is 3.19. The van der Waals surface area contributed by atoms with Gasteiger partial charge in [0, 0.05) is 32.4 Å². The molecule has 7 nitrogen and oxygen atoms in total. The molecule has 1 unspecified atom stereocenters. The van der Waals surface area contributed by atoms with Crippen molar-refractivity contribution in [3.63, 3.8) is 0 Å². The topological polar surface area (TPSA) is 66.1 Å². The van der Waals surface area contributed by atoms with Crippen LogP contribution in [0.2, 0.25) is 0 Å². The van der Waals surface area contributed by atoms with Crippen LogP contribution in [0.4, 0.5) is 16.2 Å². The minimum Gasteiger partial charge on any atom is -0.497 e. The van der Waals surface area contributed by atoms with Crippen molar-refractivity contribution in [1.82, 2.24) is 10.2 Å². The number of carbonyl (C=O) groups excluding carboxylic acids is 1. The zero-order chi connectivity index (χ0) is 20.7. The molecule has 2 aromatic rings. The second kappa shape index (κ2) is 9.85. The molecule has 0 saturated carbocycles.